The number of nitrogens with one attached hydrogen (secondary N) is 1. The first-order valence-corrected chi connectivity index (χ1v) is 6.96. The summed E-state index contributed by atoms with van der Waals surface area (Å²) >= 11 is 3.30. The highest BCUT2D eigenvalue weighted by atomic mass is 79.9. The lowest BCUT2D eigenvalue weighted by molar-refractivity contribution is 0.0698. The molecular weight excluding hydrogens is 294 g/mol. The molecule has 4 heteroatoms. The SMILES string of the molecule is CC1(C)CCC(Nc2ccc(Br)cc2C(=O)O)C1. The molecule has 1 atom stereocenters. The second kappa shape index (κ2) is 4.92. The van der Waals surface area contributed by atoms with E-state index >= 15 is 0 Å². The van der Waals surface area contributed by atoms with E-state index in [-0.39, 0.29) is 0 Å². The van der Waals surface area contributed by atoms with Gasteiger partial charge in [0.1, 0.15) is 0 Å². The summed E-state index contributed by atoms with van der Waals surface area (Å²) in [4.78, 5) is 11.2. The summed E-state index contributed by atoms with van der Waals surface area (Å²) in [7, 11) is 0. The minimum Gasteiger partial charge on any atom is -0.478 e. The maximum Gasteiger partial charge on any atom is 0.337 e. The minimum atomic E-state index is -0.893. The van der Waals surface area contributed by atoms with E-state index in [4.69, 9.17) is 0 Å². The number of anilines is 1. The molecular formula is C14H18BrNO2. The largest absolute Gasteiger partial charge is 0.478 e. The van der Waals surface area contributed by atoms with E-state index in [2.05, 4.69) is 35.1 Å². The summed E-state index contributed by atoms with van der Waals surface area (Å²) in [6.07, 6.45) is 3.37. The fraction of sp³-hybridized carbons (Fsp3) is 0.500. The van der Waals surface area contributed by atoms with E-state index < -0.39 is 5.97 Å². The van der Waals surface area contributed by atoms with Crippen LogP contribution in [-0.4, -0.2) is 17.1 Å². The van der Waals surface area contributed by atoms with Gasteiger partial charge in [-0.3, -0.25) is 0 Å². The molecule has 0 amide bonds. The van der Waals surface area contributed by atoms with Gasteiger partial charge in [-0.05, 0) is 42.9 Å². The smallest absolute Gasteiger partial charge is 0.337 e. The lowest BCUT2D eigenvalue weighted by atomic mass is 9.92. The minimum absolute atomic E-state index is 0.328. The quantitative estimate of drug-likeness (QED) is 0.882. The molecule has 1 saturated carbocycles. The van der Waals surface area contributed by atoms with Crippen LogP contribution < -0.4 is 5.32 Å². The number of carboxylic acid groups (broad SMARTS) is 1. The molecule has 98 valence electrons. The van der Waals surface area contributed by atoms with Crippen LogP contribution in [0.2, 0.25) is 0 Å². The van der Waals surface area contributed by atoms with Crippen LogP contribution in [0.3, 0.4) is 0 Å². The van der Waals surface area contributed by atoms with Gasteiger partial charge in [-0.25, -0.2) is 4.79 Å². The first-order valence-electron chi connectivity index (χ1n) is 6.17. The molecule has 1 aromatic rings. The van der Waals surface area contributed by atoms with Gasteiger partial charge in [-0.15, -0.1) is 0 Å². The lowest BCUT2D eigenvalue weighted by Gasteiger charge is -2.19. The third-order valence-electron chi connectivity index (χ3n) is 3.54. The van der Waals surface area contributed by atoms with E-state index in [0.29, 0.717) is 22.7 Å². The van der Waals surface area contributed by atoms with Crippen molar-refractivity contribution in [2.24, 2.45) is 5.41 Å². The summed E-state index contributed by atoms with van der Waals surface area (Å²) in [5.41, 5.74) is 1.40. The summed E-state index contributed by atoms with van der Waals surface area (Å²) in [6.45, 7) is 4.52. The number of carbonyl (C=O) groups is 1. The molecule has 0 aromatic heterocycles. The Morgan fingerprint density at radius 2 is 2.22 bits per heavy atom. The van der Waals surface area contributed by atoms with Crippen LogP contribution in [0, 0.1) is 5.41 Å². The molecule has 0 aliphatic heterocycles. The number of carboxylic acids is 1. The molecule has 1 aromatic carbocycles. The molecule has 0 heterocycles. The number of aromatic carboxylic acids is 1. The molecule has 18 heavy (non-hydrogen) atoms. The fourth-order valence-electron chi connectivity index (χ4n) is 2.60. The topological polar surface area (TPSA) is 49.3 Å². The predicted molar refractivity (Wildman–Crippen MR) is 76.1 cm³/mol. The van der Waals surface area contributed by atoms with E-state index in [0.717, 1.165) is 17.3 Å². The first-order chi connectivity index (χ1) is 8.37. The standard InChI is InChI=1S/C14H18BrNO2/c1-14(2)6-5-10(8-14)16-12-4-3-9(15)7-11(12)13(17)18/h3-4,7,10,16H,5-6,8H2,1-2H3,(H,17,18). The molecule has 0 spiro atoms. The second-order valence-electron chi connectivity index (χ2n) is 5.74. The maximum absolute atomic E-state index is 11.2. The Morgan fingerprint density at radius 1 is 1.50 bits per heavy atom. The number of hydrogen-bond acceptors (Lipinski definition) is 2. The molecule has 1 fully saturated rings. The lowest BCUT2D eigenvalue weighted by Crippen LogP contribution is -2.19. The summed E-state index contributed by atoms with van der Waals surface area (Å²) in [5.74, 6) is -0.893. The van der Waals surface area contributed by atoms with Gasteiger partial charge < -0.3 is 10.4 Å². The van der Waals surface area contributed by atoms with E-state index in [1.165, 1.54) is 6.42 Å². The van der Waals surface area contributed by atoms with Crippen LogP contribution in [0.5, 0.6) is 0 Å². The molecule has 0 saturated heterocycles. The predicted octanol–water partition coefficient (Wildman–Crippen LogP) is 4.14. The molecule has 3 nitrogen and oxygen atoms in total. The van der Waals surface area contributed by atoms with E-state index in [1.807, 2.05) is 12.1 Å². The Kier molecular flexibility index (Phi) is 3.66. The first kappa shape index (κ1) is 13.4. The van der Waals surface area contributed by atoms with Crippen LogP contribution in [0.25, 0.3) is 0 Å². The van der Waals surface area contributed by atoms with Gasteiger partial charge in [0.25, 0.3) is 0 Å². The van der Waals surface area contributed by atoms with E-state index in [9.17, 15) is 9.90 Å². The number of rotatable bonds is 3. The molecule has 1 aliphatic rings. The Hall–Kier alpha value is -1.03. The molecule has 0 bridgehead atoms. The van der Waals surface area contributed by atoms with Crippen molar-refractivity contribution in [1.29, 1.82) is 0 Å². The highest BCUT2D eigenvalue weighted by molar-refractivity contribution is 9.10. The molecule has 2 rings (SSSR count). The molecule has 0 radical (unpaired) electrons. The van der Waals surface area contributed by atoms with Crippen molar-refractivity contribution < 1.29 is 9.90 Å². The molecule has 1 aliphatic carbocycles. The number of hydrogen-bond donors (Lipinski definition) is 2. The number of benzene rings is 1. The van der Waals surface area contributed by atoms with Crippen molar-refractivity contribution in [1.82, 2.24) is 0 Å². The Morgan fingerprint density at radius 3 is 2.78 bits per heavy atom. The zero-order chi connectivity index (χ0) is 13.3. The van der Waals surface area contributed by atoms with Gasteiger partial charge in [0, 0.05) is 16.2 Å². The van der Waals surface area contributed by atoms with Gasteiger partial charge in [0.15, 0.2) is 0 Å². The summed E-state index contributed by atoms with van der Waals surface area (Å²) in [5, 5.41) is 12.6. The van der Waals surface area contributed by atoms with Gasteiger partial charge in [0.05, 0.1) is 5.56 Å². The average Bonchev–Trinajstić information content (AvgIpc) is 2.60. The van der Waals surface area contributed by atoms with Crippen LogP contribution in [0.15, 0.2) is 22.7 Å². The van der Waals surface area contributed by atoms with Crippen molar-refractivity contribution in [3.05, 3.63) is 28.2 Å². The summed E-state index contributed by atoms with van der Waals surface area (Å²) in [6, 6.07) is 5.72. The van der Waals surface area contributed by atoms with Gasteiger partial charge in [-0.1, -0.05) is 29.8 Å². The van der Waals surface area contributed by atoms with Crippen molar-refractivity contribution in [2.75, 3.05) is 5.32 Å². The number of halogens is 1. The normalized spacial score (nSPS) is 21.8. The maximum atomic E-state index is 11.2. The van der Waals surface area contributed by atoms with Crippen LogP contribution in [-0.2, 0) is 0 Å². The fourth-order valence-corrected chi connectivity index (χ4v) is 2.96. The van der Waals surface area contributed by atoms with Crippen molar-refractivity contribution in [2.45, 2.75) is 39.2 Å². The van der Waals surface area contributed by atoms with Crippen molar-refractivity contribution in [3.63, 3.8) is 0 Å². The van der Waals surface area contributed by atoms with E-state index in [1.54, 1.807) is 6.07 Å². The highest BCUT2D eigenvalue weighted by Gasteiger charge is 2.31. The third-order valence-corrected chi connectivity index (χ3v) is 4.03. The monoisotopic (exact) mass is 311 g/mol. The summed E-state index contributed by atoms with van der Waals surface area (Å²) < 4.78 is 0.789. The Balaban J connectivity index is 2.17. The highest BCUT2D eigenvalue weighted by Crippen LogP contribution is 2.38. The second-order valence-corrected chi connectivity index (χ2v) is 6.66. The van der Waals surface area contributed by atoms with Gasteiger partial charge >= 0.3 is 5.97 Å². The molecule has 2 N–H and O–H groups in total. The molecule has 1 unspecified atom stereocenters. The van der Waals surface area contributed by atoms with Crippen LogP contribution in [0.4, 0.5) is 5.69 Å². The third kappa shape index (κ3) is 3.05. The van der Waals surface area contributed by atoms with Gasteiger partial charge in [0.2, 0.25) is 0 Å². The van der Waals surface area contributed by atoms with Crippen molar-refractivity contribution in [3.8, 4) is 0 Å². The van der Waals surface area contributed by atoms with Gasteiger partial charge in [-0.2, -0.15) is 0 Å². The van der Waals surface area contributed by atoms with Crippen LogP contribution in [0.1, 0.15) is 43.5 Å². The van der Waals surface area contributed by atoms with Crippen molar-refractivity contribution >= 4 is 27.6 Å². The zero-order valence-corrected chi connectivity index (χ0v) is 12.3. The van der Waals surface area contributed by atoms with Crippen LogP contribution >= 0.6 is 15.9 Å². The average molecular weight is 312 g/mol. The Bertz CT molecular complexity index is 471. The zero-order valence-electron chi connectivity index (χ0n) is 10.7. The Labute approximate surface area is 116 Å².